The Morgan fingerprint density at radius 2 is 2.30 bits per heavy atom. The van der Waals surface area contributed by atoms with Crippen molar-refractivity contribution in [1.29, 1.82) is 0 Å². The SMILES string of the molecule is C[C@@H]1CN(CC(=O)Nc2ccccc2[N+](=O)[O-])CCN1. The van der Waals surface area contributed by atoms with Crippen LogP contribution >= 0.6 is 0 Å². The van der Waals surface area contributed by atoms with Gasteiger partial charge in [-0.05, 0) is 13.0 Å². The second-order valence-electron chi connectivity index (χ2n) is 4.91. The minimum Gasteiger partial charge on any atom is -0.319 e. The van der Waals surface area contributed by atoms with Crippen LogP contribution in [0.3, 0.4) is 0 Å². The number of nitro benzene ring substituents is 1. The molecule has 0 radical (unpaired) electrons. The minimum atomic E-state index is -0.498. The van der Waals surface area contributed by atoms with Gasteiger partial charge in [-0.1, -0.05) is 12.1 Å². The van der Waals surface area contributed by atoms with Gasteiger partial charge in [0.05, 0.1) is 11.5 Å². The van der Waals surface area contributed by atoms with Crippen LogP contribution in [0.4, 0.5) is 11.4 Å². The third-order valence-corrected chi connectivity index (χ3v) is 3.19. The van der Waals surface area contributed by atoms with E-state index >= 15 is 0 Å². The van der Waals surface area contributed by atoms with Crippen LogP contribution in [0.25, 0.3) is 0 Å². The zero-order valence-corrected chi connectivity index (χ0v) is 11.3. The van der Waals surface area contributed by atoms with Gasteiger partial charge in [-0.3, -0.25) is 19.8 Å². The van der Waals surface area contributed by atoms with Gasteiger partial charge in [-0.25, -0.2) is 0 Å². The van der Waals surface area contributed by atoms with Crippen LogP contribution in [0, 0.1) is 10.1 Å². The average molecular weight is 278 g/mol. The predicted molar refractivity (Wildman–Crippen MR) is 75.6 cm³/mol. The Morgan fingerprint density at radius 3 is 3.00 bits per heavy atom. The summed E-state index contributed by atoms with van der Waals surface area (Å²) in [5.74, 6) is -0.228. The third kappa shape index (κ3) is 3.75. The summed E-state index contributed by atoms with van der Waals surface area (Å²) in [4.78, 5) is 24.4. The molecule has 1 atom stereocenters. The zero-order valence-electron chi connectivity index (χ0n) is 11.3. The number of nitro groups is 1. The molecule has 108 valence electrons. The van der Waals surface area contributed by atoms with E-state index < -0.39 is 4.92 Å². The van der Waals surface area contributed by atoms with Gasteiger partial charge in [0.2, 0.25) is 5.91 Å². The fourth-order valence-corrected chi connectivity index (χ4v) is 2.29. The minimum absolute atomic E-state index is 0.0884. The molecule has 7 nitrogen and oxygen atoms in total. The average Bonchev–Trinajstić information content (AvgIpc) is 2.38. The second kappa shape index (κ2) is 6.44. The van der Waals surface area contributed by atoms with Crippen molar-refractivity contribution in [1.82, 2.24) is 10.2 Å². The Balaban J connectivity index is 1.96. The first-order valence-electron chi connectivity index (χ1n) is 6.55. The molecule has 20 heavy (non-hydrogen) atoms. The number of hydrogen-bond donors (Lipinski definition) is 2. The Morgan fingerprint density at radius 1 is 1.55 bits per heavy atom. The highest BCUT2D eigenvalue weighted by atomic mass is 16.6. The summed E-state index contributed by atoms with van der Waals surface area (Å²) < 4.78 is 0. The molecule has 1 saturated heterocycles. The number of anilines is 1. The predicted octanol–water partition coefficient (Wildman–Crippen LogP) is 0.827. The summed E-state index contributed by atoms with van der Waals surface area (Å²) in [6.45, 7) is 4.75. The Labute approximate surface area is 117 Å². The fourth-order valence-electron chi connectivity index (χ4n) is 2.29. The largest absolute Gasteiger partial charge is 0.319 e. The standard InChI is InChI=1S/C13H18N4O3/c1-10-8-16(7-6-14-10)9-13(18)15-11-4-2-3-5-12(11)17(19)20/h2-5,10,14H,6-9H2,1H3,(H,15,18)/t10-/m1/s1. The molecular weight excluding hydrogens is 260 g/mol. The number of carbonyl (C=O) groups is 1. The lowest BCUT2D eigenvalue weighted by atomic mass is 10.2. The van der Waals surface area contributed by atoms with Gasteiger partial charge in [-0.15, -0.1) is 0 Å². The molecule has 1 aliphatic rings. The van der Waals surface area contributed by atoms with Gasteiger partial charge < -0.3 is 10.6 Å². The number of rotatable bonds is 4. The highest BCUT2D eigenvalue weighted by Crippen LogP contribution is 2.22. The summed E-state index contributed by atoms with van der Waals surface area (Å²) in [6.07, 6.45) is 0. The number of benzene rings is 1. The number of piperazine rings is 1. The van der Waals surface area contributed by atoms with Crippen molar-refractivity contribution in [3.63, 3.8) is 0 Å². The zero-order chi connectivity index (χ0) is 14.5. The first kappa shape index (κ1) is 14.4. The number of carbonyl (C=O) groups excluding carboxylic acids is 1. The normalized spacial score (nSPS) is 19.6. The summed E-state index contributed by atoms with van der Waals surface area (Å²) in [5, 5.41) is 16.8. The maximum Gasteiger partial charge on any atom is 0.292 e. The van der Waals surface area contributed by atoms with E-state index in [0.717, 1.165) is 19.6 Å². The van der Waals surface area contributed by atoms with Crippen LogP contribution in [0.15, 0.2) is 24.3 Å². The highest BCUT2D eigenvalue weighted by Gasteiger charge is 2.20. The molecule has 2 N–H and O–H groups in total. The van der Waals surface area contributed by atoms with Crippen LogP contribution in [0.5, 0.6) is 0 Å². The molecule has 0 aromatic heterocycles. The fraction of sp³-hybridized carbons (Fsp3) is 0.462. The van der Waals surface area contributed by atoms with Crippen LogP contribution in [-0.4, -0.2) is 48.0 Å². The first-order chi connectivity index (χ1) is 9.56. The molecule has 7 heteroatoms. The van der Waals surface area contributed by atoms with Gasteiger partial charge in [0.1, 0.15) is 5.69 Å². The van der Waals surface area contributed by atoms with Crippen molar-refractivity contribution in [3.05, 3.63) is 34.4 Å². The van der Waals surface area contributed by atoms with Crippen LogP contribution in [-0.2, 0) is 4.79 Å². The molecule has 1 amide bonds. The van der Waals surface area contributed by atoms with Crippen molar-refractivity contribution < 1.29 is 9.72 Å². The van der Waals surface area contributed by atoms with E-state index in [0.29, 0.717) is 6.04 Å². The number of hydrogen-bond acceptors (Lipinski definition) is 5. The van der Waals surface area contributed by atoms with Crippen LogP contribution in [0.1, 0.15) is 6.92 Å². The Kier molecular flexibility index (Phi) is 4.65. The molecule has 0 unspecified atom stereocenters. The van der Waals surface area contributed by atoms with Crippen molar-refractivity contribution in [2.75, 3.05) is 31.5 Å². The van der Waals surface area contributed by atoms with Crippen molar-refractivity contribution in [2.24, 2.45) is 0 Å². The molecule has 0 aliphatic carbocycles. The molecule has 0 bridgehead atoms. The Bertz CT molecular complexity index is 506. The van der Waals surface area contributed by atoms with E-state index in [2.05, 4.69) is 17.6 Å². The van der Waals surface area contributed by atoms with Crippen LogP contribution in [0.2, 0.25) is 0 Å². The van der Waals surface area contributed by atoms with Crippen LogP contribution < -0.4 is 10.6 Å². The number of amides is 1. The summed E-state index contributed by atoms with van der Waals surface area (Å²) in [6, 6.07) is 6.50. The van der Waals surface area contributed by atoms with Crippen molar-refractivity contribution >= 4 is 17.3 Å². The third-order valence-electron chi connectivity index (χ3n) is 3.19. The van der Waals surface area contributed by atoms with E-state index in [4.69, 9.17) is 0 Å². The molecule has 1 aromatic rings. The number of nitrogens with zero attached hydrogens (tertiary/aromatic N) is 2. The monoisotopic (exact) mass is 278 g/mol. The lowest BCUT2D eigenvalue weighted by molar-refractivity contribution is -0.383. The summed E-state index contributed by atoms with van der Waals surface area (Å²) in [5.41, 5.74) is 0.153. The van der Waals surface area contributed by atoms with Gasteiger partial charge in [0.15, 0.2) is 0 Å². The number of para-hydroxylation sites is 2. The van der Waals surface area contributed by atoms with Gasteiger partial charge in [0.25, 0.3) is 5.69 Å². The highest BCUT2D eigenvalue weighted by molar-refractivity contribution is 5.94. The summed E-state index contributed by atoms with van der Waals surface area (Å²) >= 11 is 0. The molecule has 1 aromatic carbocycles. The molecule has 1 heterocycles. The quantitative estimate of drug-likeness (QED) is 0.629. The molecule has 0 spiro atoms. The van der Waals surface area contributed by atoms with Gasteiger partial charge in [0, 0.05) is 31.7 Å². The van der Waals surface area contributed by atoms with Crippen molar-refractivity contribution in [2.45, 2.75) is 13.0 Å². The van der Waals surface area contributed by atoms with E-state index in [1.807, 2.05) is 4.90 Å². The lowest BCUT2D eigenvalue weighted by Gasteiger charge is -2.31. The van der Waals surface area contributed by atoms with Gasteiger partial charge >= 0.3 is 0 Å². The maximum atomic E-state index is 12.0. The second-order valence-corrected chi connectivity index (χ2v) is 4.91. The van der Waals surface area contributed by atoms with Crippen molar-refractivity contribution in [3.8, 4) is 0 Å². The van der Waals surface area contributed by atoms with E-state index in [9.17, 15) is 14.9 Å². The maximum absolute atomic E-state index is 12.0. The molecular formula is C13H18N4O3. The molecule has 0 saturated carbocycles. The van der Waals surface area contributed by atoms with E-state index in [1.54, 1.807) is 12.1 Å². The smallest absolute Gasteiger partial charge is 0.292 e. The molecule has 1 fully saturated rings. The molecule has 2 rings (SSSR count). The lowest BCUT2D eigenvalue weighted by Crippen LogP contribution is -2.51. The van der Waals surface area contributed by atoms with Gasteiger partial charge in [-0.2, -0.15) is 0 Å². The first-order valence-corrected chi connectivity index (χ1v) is 6.55. The topological polar surface area (TPSA) is 87.5 Å². The Hall–Kier alpha value is -1.99. The van der Waals surface area contributed by atoms with E-state index in [-0.39, 0.29) is 23.8 Å². The molecule has 1 aliphatic heterocycles. The van der Waals surface area contributed by atoms with E-state index in [1.165, 1.54) is 12.1 Å². The summed E-state index contributed by atoms with van der Waals surface area (Å²) in [7, 11) is 0. The number of nitrogens with one attached hydrogen (secondary N) is 2.